The number of amides is 2. The van der Waals surface area contributed by atoms with Crippen LogP contribution >= 0.6 is 0 Å². The molecule has 0 radical (unpaired) electrons. The van der Waals surface area contributed by atoms with Crippen LogP contribution in [0.1, 0.15) is 42.9 Å². The van der Waals surface area contributed by atoms with Crippen molar-refractivity contribution < 1.29 is 19.1 Å². The van der Waals surface area contributed by atoms with Gasteiger partial charge in [0.2, 0.25) is 5.91 Å². The van der Waals surface area contributed by atoms with Crippen molar-refractivity contribution in [1.29, 1.82) is 0 Å². The number of hydrogen-bond donors (Lipinski definition) is 1. The van der Waals surface area contributed by atoms with Crippen LogP contribution in [0.25, 0.3) is 16.7 Å². The molecule has 1 saturated carbocycles. The Hall–Kier alpha value is -4.81. The number of aryl methyl sites for hydroxylation is 1. The third-order valence-corrected chi connectivity index (χ3v) is 8.59. The third-order valence-electron chi connectivity index (χ3n) is 8.59. The molecule has 3 fully saturated rings. The summed E-state index contributed by atoms with van der Waals surface area (Å²) in [6.07, 6.45) is 7.89. The quantitative estimate of drug-likeness (QED) is 0.210. The monoisotopic (exact) mass is 569 g/mol. The standard InChI is InChI=1S/C29H31N9O4/c1-17-33-16-38(34-17)25-22-21(20(42-4)13-32-25)18(12-31-22)23(39)26(40)37-11-10-35(15-29(37)7-8-29)24-19(6-5-9-30-24)36-14-28(2,3)27(36)41/h5-6,9,12-13,16,31H,7-8,10-11,14-15H2,1-4H3. The van der Waals surface area contributed by atoms with E-state index in [1.165, 1.54) is 24.2 Å². The number of pyridine rings is 2. The second-order valence-electron chi connectivity index (χ2n) is 11.9. The topological polar surface area (TPSA) is 142 Å². The zero-order valence-corrected chi connectivity index (χ0v) is 23.9. The molecule has 4 aromatic rings. The normalized spacial score (nSPS) is 18.9. The maximum Gasteiger partial charge on any atom is 0.295 e. The second-order valence-corrected chi connectivity index (χ2v) is 11.9. The Kier molecular flexibility index (Phi) is 5.66. The smallest absolute Gasteiger partial charge is 0.295 e. The molecule has 3 aliphatic rings. The van der Waals surface area contributed by atoms with Gasteiger partial charge in [-0.3, -0.25) is 14.4 Å². The molecular formula is C29H31N9O4. The van der Waals surface area contributed by atoms with Crippen molar-refractivity contribution in [3.8, 4) is 11.6 Å². The van der Waals surface area contributed by atoms with E-state index in [4.69, 9.17) is 4.74 Å². The van der Waals surface area contributed by atoms with Crippen LogP contribution in [0, 0.1) is 12.3 Å². The van der Waals surface area contributed by atoms with Crippen molar-refractivity contribution in [2.45, 2.75) is 39.2 Å². The van der Waals surface area contributed by atoms with Gasteiger partial charge in [0.25, 0.3) is 11.7 Å². The van der Waals surface area contributed by atoms with Crippen LogP contribution in [-0.4, -0.2) is 91.0 Å². The van der Waals surface area contributed by atoms with Gasteiger partial charge < -0.3 is 24.4 Å². The van der Waals surface area contributed by atoms with E-state index in [0.717, 1.165) is 24.3 Å². The molecule has 13 heteroatoms. The fourth-order valence-electron chi connectivity index (χ4n) is 6.19. The SMILES string of the molecule is COc1cnc(-n2cnc(C)n2)c2[nH]cc(C(=O)C(=O)N3CCN(c4ncccc4N4CC(C)(C)C4=O)CC34CC4)c12. The summed E-state index contributed by atoms with van der Waals surface area (Å²) in [6, 6.07) is 3.76. The highest BCUT2D eigenvalue weighted by atomic mass is 16.5. The number of rotatable bonds is 6. The molecule has 13 nitrogen and oxygen atoms in total. The Morgan fingerprint density at radius 3 is 2.55 bits per heavy atom. The number of piperazine rings is 1. The van der Waals surface area contributed by atoms with Gasteiger partial charge in [0.15, 0.2) is 11.6 Å². The molecule has 0 atom stereocenters. The van der Waals surface area contributed by atoms with Crippen molar-refractivity contribution >= 4 is 40.0 Å². The summed E-state index contributed by atoms with van der Waals surface area (Å²) in [5.41, 5.74) is 0.682. The number of anilines is 2. The van der Waals surface area contributed by atoms with Crippen molar-refractivity contribution in [1.82, 2.24) is 34.6 Å². The molecule has 2 saturated heterocycles. The van der Waals surface area contributed by atoms with Gasteiger partial charge in [0.1, 0.15) is 17.9 Å². The Morgan fingerprint density at radius 1 is 1.07 bits per heavy atom. The van der Waals surface area contributed by atoms with Gasteiger partial charge in [0, 0.05) is 38.6 Å². The molecule has 4 aromatic heterocycles. The van der Waals surface area contributed by atoms with Gasteiger partial charge in [-0.05, 0) is 45.7 Å². The average Bonchev–Trinajstić information content (AvgIpc) is 3.38. The summed E-state index contributed by atoms with van der Waals surface area (Å²) in [6.45, 7) is 7.69. The highest BCUT2D eigenvalue weighted by Gasteiger charge is 2.55. The summed E-state index contributed by atoms with van der Waals surface area (Å²) in [5, 5.41) is 4.81. The molecule has 1 spiro atoms. The molecule has 0 unspecified atom stereocenters. The zero-order chi connectivity index (χ0) is 29.4. The Bertz CT molecular complexity index is 1770. The molecule has 0 aromatic carbocycles. The van der Waals surface area contributed by atoms with Gasteiger partial charge >= 0.3 is 0 Å². The van der Waals surface area contributed by atoms with Crippen LogP contribution in [0.15, 0.2) is 37.1 Å². The number of fused-ring (bicyclic) bond motifs is 1. The maximum absolute atomic E-state index is 13.8. The minimum atomic E-state index is -0.613. The summed E-state index contributed by atoms with van der Waals surface area (Å²) in [4.78, 5) is 62.4. The molecule has 42 heavy (non-hydrogen) atoms. The van der Waals surface area contributed by atoms with Crippen LogP contribution < -0.4 is 14.5 Å². The van der Waals surface area contributed by atoms with Crippen LogP contribution in [0.3, 0.4) is 0 Å². The maximum atomic E-state index is 13.8. The van der Waals surface area contributed by atoms with Gasteiger partial charge in [0.05, 0.1) is 46.4 Å². The highest BCUT2D eigenvalue weighted by Crippen LogP contribution is 2.47. The number of Topliss-reactive ketones (excluding diaryl/α,β-unsaturated/α-hetero) is 1. The number of aromatic nitrogens is 6. The van der Waals surface area contributed by atoms with Crippen molar-refractivity contribution in [3.05, 3.63) is 48.4 Å². The number of nitrogens with one attached hydrogen (secondary N) is 1. The van der Waals surface area contributed by atoms with Gasteiger partial charge in [-0.25, -0.2) is 19.6 Å². The summed E-state index contributed by atoms with van der Waals surface area (Å²) >= 11 is 0. The van der Waals surface area contributed by atoms with Crippen LogP contribution in [0.4, 0.5) is 11.5 Å². The Morgan fingerprint density at radius 2 is 1.88 bits per heavy atom. The predicted molar refractivity (Wildman–Crippen MR) is 153 cm³/mol. The Balaban J connectivity index is 1.16. The number of carbonyl (C=O) groups is 3. The molecule has 2 amide bonds. The van der Waals surface area contributed by atoms with Crippen LogP contribution in [0.2, 0.25) is 0 Å². The first kappa shape index (κ1) is 26.1. The number of nitrogens with zero attached hydrogens (tertiary/aromatic N) is 8. The summed E-state index contributed by atoms with van der Waals surface area (Å²) < 4.78 is 7.05. The van der Waals surface area contributed by atoms with E-state index in [1.807, 2.05) is 26.0 Å². The van der Waals surface area contributed by atoms with Gasteiger partial charge in [-0.15, -0.1) is 0 Å². The number of ketones is 1. The second kappa shape index (κ2) is 9.10. The minimum absolute atomic E-state index is 0.0729. The first-order valence-electron chi connectivity index (χ1n) is 13.9. The first-order chi connectivity index (χ1) is 20.1. The number of ether oxygens (including phenoxy) is 1. The average molecular weight is 570 g/mol. The number of methoxy groups -OCH3 is 1. The number of carbonyl (C=O) groups excluding carboxylic acids is 3. The van der Waals surface area contributed by atoms with E-state index >= 15 is 0 Å². The lowest BCUT2D eigenvalue weighted by Gasteiger charge is -2.47. The van der Waals surface area contributed by atoms with Crippen LogP contribution in [0.5, 0.6) is 5.75 Å². The highest BCUT2D eigenvalue weighted by molar-refractivity contribution is 6.45. The van der Waals surface area contributed by atoms with Crippen LogP contribution in [-0.2, 0) is 9.59 Å². The van der Waals surface area contributed by atoms with E-state index in [9.17, 15) is 14.4 Å². The van der Waals surface area contributed by atoms with Crippen molar-refractivity contribution in [3.63, 3.8) is 0 Å². The van der Waals surface area contributed by atoms with E-state index in [0.29, 0.717) is 54.5 Å². The molecule has 216 valence electrons. The fourth-order valence-corrected chi connectivity index (χ4v) is 6.19. The molecule has 0 bridgehead atoms. The molecule has 7 rings (SSSR count). The molecular weight excluding hydrogens is 538 g/mol. The summed E-state index contributed by atoms with van der Waals surface area (Å²) in [5.74, 6) is 1.04. The summed E-state index contributed by atoms with van der Waals surface area (Å²) in [7, 11) is 1.50. The van der Waals surface area contributed by atoms with Gasteiger partial charge in [-0.2, -0.15) is 5.10 Å². The van der Waals surface area contributed by atoms with E-state index in [-0.39, 0.29) is 16.9 Å². The zero-order valence-electron chi connectivity index (χ0n) is 23.9. The largest absolute Gasteiger partial charge is 0.494 e. The van der Waals surface area contributed by atoms with Gasteiger partial charge in [-0.1, -0.05) is 0 Å². The number of H-pyrrole nitrogens is 1. The first-order valence-corrected chi connectivity index (χ1v) is 13.9. The minimum Gasteiger partial charge on any atom is -0.494 e. The number of β-lactam (4-membered cyclic amide) rings is 1. The van der Waals surface area contributed by atoms with E-state index < -0.39 is 17.2 Å². The molecule has 2 aliphatic heterocycles. The fraction of sp³-hybridized carbons (Fsp3) is 0.414. The molecule has 1 aliphatic carbocycles. The third kappa shape index (κ3) is 3.86. The number of hydrogen-bond acceptors (Lipinski definition) is 9. The van der Waals surface area contributed by atoms with E-state index in [2.05, 4.69) is 29.9 Å². The molecule has 1 N–H and O–H groups in total. The lowest BCUT2D eigenvalue weighted by Crippen LogP contribution is -2.60. The number of aromatic amines is 1. The predicted octanol–water partition coefficient (Wildman–Crippen LogP) is 2.29. The van der Waals surface area contributed by atoms with E-state index in [1.54, 1.807) is 29.2 Å². The molecule has 6 heterocycles. The lowest BCUT2D eigenvalue weighted by atomic mass is 9.82. The van der Waals surface area contributed by atoms with Crippen molar-refractivity contribution in [2.24, 2.45) is 5.41 Å². The lowest BCUT2D eigenvalue weighted by molar-refractivity contribution is -0.132. The Labute approximate surface area is 241 Å². The van der Waals surface area contributed by atoms with Crippen molar-refractivity contribution in [2.75, 3.05) is 43.1 Å².